The number of nitrogens with one attached hydrogen (secondary N) is 1. The number of carbonyl (C=O) groups excluding carboxylic acids is 1. The minimum atomic E-state index is -0.243. The van der Waals surface area contributed by atoms with Crippen LogP contribution in [0.1, 0.15) is 30.9 Å². The van der Waals surface area contributed by atoms with Gasteiger partial charge in [-0.05, 0) is 61.2 Å². The molecule has 142 valence electrons. The van der Waals surface area contributed by atoms with Gasteiger partial charge in [0.25, 0.3) is 0 Å². The average Bonchev–Trinajstić information content (AvgIpc) is 3.47. The van der Waals surface area contributed by atoms with Gasteiger partial charge in [-0.15, -0.1) is 0 Å². The lowest BCUT2D eigenvalue weighted by Gasteiger charge is -2.16. The van der Waals surface area contributed by atoms with E-state index in [4.69, 9.17) is 9.47 Å². The summed E-state index contributed by atoms with van der Waals surface area (Å²) >= 11 is 0. The molecule has 0 spiro atoms. The van der Waals surface area contributed by atoms with Crippen molar-refractivity contribution in [3.63, 3.8) is 0 Å². The maximum absolute atomic E-state index is 13.1. The number of amides is 1. The molecule has 2 aromatic carbocycles. The van der Waals surface area contributed by atoms with Crippen molar-refractivity contribution < 1.29 is 18.7 Å². The van der Waals surface area contributed by atoms with E-state index in [1.165, 1.54) is 18.2 Å². The van der Waals surface area contributed by atoms with Gasteiger partial charge in [-0.25, -0.2) is 4.39 Å². The second-order valence-electron chi connectivity index (χ2n) is 6.68. The van der Waals surface area contributed by atoms with E-state index in [1.54, 1.807) is 25.3 Å². The molecule has 3 rings (SSSR count). The molecule has 0 unspecified atom stereocenters. The Morgan fingerprint density at radius 3 is 2.56 bits per heavy atom. The summed E-state index contributed by atoms with van der Waals surface area (Å²) in [5, 5.41) is 2.96. The van der Waals surface area contributed by atoms with Crippen LogP contribution in [0.2, 0.25) is 0 Å². The predicted molar refractivity (Wildman–Crippen MR) is 104 cm³/mol. The van der Waals surface area contributed by atoms with E-state index in [0.29, 0.717) is 24.7 Å². The summed E-state index contributed by atoms with van der Waals surface area (Å²) in [6, 6.07) is 12.1. The van der Waals surface area contributed by atoms with Crippen LogP contribution in [0, 0.1) is 5.82 Å². The maximum Gasteiger partial charge on any atom is 0.244 e. The van der Waals surface area contributed by atoms with Crippen LogP contribution in [0.15, 0.2) is 48.5 Å². The van der Waals surface area contributed by atoms with Crippen molar-refractivity contribution in [2.24, 2.45) is 0 Å². The second kappa shape index (κ2) is 8.25. The lowest BCUT2D eigenvalue weighted by atomic mass is 9.96. The van der Waals surface area contributed by atoms with Gasteiger partial charge in [0.2, 0.25) is 5.91 Å². The summed E-state index contributed by atoms with van der Waals surface area (Å²) in [7, 11) is 1.59. The first-order chi connectivity index (χ1) is 13.1. The molecule has 0 radical (unpaired) electrons. The summed E-state index contributed by atoms with van der Waals surface area (Å²) < 4.78 is 23.9. The molecule has 1 aliphatic carbocycles. The number of hydrogen-bond donors (Lipinski definition) is 1. The Morgan fingerprint density at radius 2 is 1.93 bits per heavy atom. The molecule has 0 heterocycles. The Kier molecular flexibility index (Phi) is 5.79. The number of benzene rings is 2. The molecule has 1 amide bonds. The van der Waals surface area contributed by atoms with Crippen molar-refractivity contribution in [3.05, 3.63) is 65.5 Å². The fraction of sp³-hybridized carbons (Fsp3) is 0.318. The zero-order valence-corrected chi connectivity index (χ0v) is 15.6. The van der Waals surface area contributed by atoms with Gasteiger partial charge in [0.05, 0.1) is 13.7 Å². The van der Waals surface area contributed by atoms with E-state index >= 15 is 0 Å². The molecule has 1 fully saturated rings. The maximum atomic E-state index is 13.1. The third kappa shape index (κ3) is 4.67. The molecule has 2 aromatic rings. The van der Waals surface area contributed by atoms with Crippen LogP contribution in [0.4, 0.5) is 4.39 Å². The lowest BCUT2D eigenvalue weighted by Crippen LogP contribution is -2.31. The van der Waals surface area contributed by atoms with Gasteiger partial charge in [-0.1, -0.05) is 18.2 Å². The zero-order chi connectivity index (χ0) is 19.3. The highest BCUT2D eigenvalue weighted by atomic mass is 19.1. The van der Waals surface area contributed by atoms with Crippen LogP contribution in [-0.2, 0) is 10.2 Å². The van der Waals surface area contributed by atoms with E-state index in [9.17, 15) is 9.18 Å². The number of carbonyl (C=O) groups is 1. The largest absolute Gasteiger partial charge is 0.493 e. The number of halogens is 1. The Bertz CT molecular complexity index is 826. The van der Waals surface area contributed by atoms with Crippen LogP contribution in [0.25, 0.3) is 6.08 Å². The number of hydrogen-bond acceptors (Lipinski definition) is 3. The van der Waals surface area contributed by atoms with Gasteiger partial charge in [0.1, 0.15) is 5.82 Å². The fourth-order valence-electron chi connectivity index (χ4n) is 3.07. The molecule has 27 heavy (non-hydrogen) atoms. The van der Waals surface area contributed by atoms with E-state index in [0.717, 1.165) is 24.0 Å². The SMILES string of the molecule is CCOc1cc(C=CC(=O)NCC2(c3ccc(F)cc3)CC2)ccc1OC. The molecule has 4 nitrogen and oxygen atoms in total. The van der Waals surface area contributed by atoms with Crippen LogP contribution in [0.5, 0.6) is 11.5 Å². The molecule has 0 aromatic heterocycles. The van der Waals surface area contributed by atoms with E-state index < -0.39 is 0 Å². The monoisotopic (exact) mass is 369 g/mol. The predicted octanol–water partition coefficient (Wildman–Crippen LogP) is 4.09. The molecule has 0 aliphatic heterocycles. The van der Waals surface area contributed by atoms with Crippen molar-refractivity contribution >= 4 is 12.0 Å². The van der Waals surface area contributed by atoms with Gasteiger partial charge in [0.15, 0.2) is 11.5 Å². The molecule has 5 heteroatoms. The first-order valence-electron chi connectivity index (χ1n) is 9.09. The minimum Gasteiger partial charge on any atom is -0.493 e. The second-order valence-corrected chi connectivity index (χ2v) is 6.68. The molecular weight excluding hydrogens is 345 g/mol. The molecule has 1 aliphatic rings. The van der Waals surface area contributed by atoms with Gasteiger partial charge >= 0.3 is 0 Å². The summed E-state index contributed by atoms with van der Waals surface area (Å²) in [5.41, 5.74) is 1.87. The molecule has 0 saturated heterocycles. The minimum absolute atomic E-state index is 0.0561. The first-order valence-corrected chi connectivity index (χ1v) is 9.09. The highest BCUT2D eigenvalue weighted by Crippen LogP contribution is 2.47. The van der Waals surface area contributed by atoms with Gasteiger partial charge in [-0.3, -0.25) is 4.79 Å². The summed E-state index contributed by atoms with van der Waals surface area (Å²) in [6.07, 6.45) is 5.25. The van der Waals surface area contributed by atoms with Gasteiger partial charge in [0, 0.05) is 18.0 Å². The Morgan fingerprint density at radius 1 is 1.19 bits per heavy atom. The van der Waals surface area contributed by atoms with Crippen LogP contribution >= 0.6 is 0 Å². The zero-order valence-electron chi connectivity index (χ0n) is 15.6. The molecule has 1 N–H and O–H groups in total. The highest BCUT2D eigenvalue weighted by Gasteiger charge is 2.44. The molecular formula is C22H24FNO3. The molecule has 1 saturated carbocycles. The summed E-state index contributed by atoms with van der Waals surface area (Å²) in [5.74, 6) is 0.911. The molecule has 0 atom stereocenters. The van der Waals surface area contributed by atoms with Gasteiger partial charge < -0.3 is 14.8 Å². The highest BCUT2D eigenvalue weighted by molar-refractivity contribution is 5.91. The van der Waals surface area contributed by atoms with Crippen molar-refractivity contribution in [2.45, 2.75) is 25.2 Å². The Labute approximate surface area is 159 Å². The summed E-state index contributed by atoms with van der Waals surface area (Å²) in [6.45, 7) is 2.99. The Balaban J connectivity index is 1.59. The van der Waals surface area contributed by atoms with E-state index in [-0.39, 0.29) is 17.1 Å². The fourth-order valence-corrected chi connectivity index (χ4v) is 3.07. The number of methoxy groups -OCH3 is 1. The first kappa shape index (κ1) is 19.0. The standard InChI is InChI=1S/C22H24FNO3/c1-3-27-20-14-16(4-10-19(20)26-2)5-11-21(25)24-15-22(12-13-22)17-6-8-18(23)9-7-17/h4-11,14H,3,12-13,15H2,1-2H3,(H,24,25). The Hall–Kier alpha value is -2.82. The quantitative estimate of drug-likeness (QED) is 0.713. The lowest BCUT2D eigenvalue weighted by molar-refractivity contribution is -0.116. The van der Waals surface area contributed by atoms with Crippen molar-refractivity contribution in [2.75, 3.05) is 20.3 Å². The van der Waals surface area contributed by atoms with Crippen LogP contribution in [-0.4, -0.2) is 26.2 Å². The topological polar surface area (TPSA) is 47.6 Å². The summed E-state index contributed by atoms with van der Waals surface area (Å²) in [4.78, 5) is 12.2. The van der Waals surface area contributed by atoms with E-state index in [1.807, 2.05) is 25.1 Å². The van der Waals surface area contributed by atoms with Crippen LogP contribution < -0.4 is 14.8 Å². The van der Waals surface area contributed by atoms with Crippen LogP contribution in [0.3, 0.4) is 0 Å². The third-order valence-electron chi connectivity index (χ3n) is 4.83. The van der Waals surface area contributed by atoms with Gasteiger partial charge in [-0.2, -0.15) is 0 Å². The smallest absolute Gasteiger partial charge is 0.244 e. The number of rotatable bonds is 8. The van der Waals surface area contributed by atoms with Crippen molar-refractivity contribution in [1.82, 2.24) is 5.32 Å². The van der Waals surface area contributed by atoms with Crippen molar-refractivity contribution in [3.8, 4) is 11.5 Å². The van der Waals surface area contributed by atoms with E-state index in [2.05, 4.69) is 5.32 Å². The average molecular weight is 369 g/mol. The third-order valence-corrected chi connectivity index (χ3v) is 4.83. The number of ether oxygens (including phenoxy) is 2. The normalized spacial score (nSPS) is 14.8. The molecule has 0 bridgehead atoms. The van der Waals surface area contributed by atoms with Crippen molar-refractivity contribution in [1.29, 1.82) is 0 Å².